The maximum Gasteiger partial charge on any atom is 0.411 e. The van der Waals surface area contributed by atoms with E-state index in [2.05, 4.69) is 13.2 Å². The van der Waals surface area contributed by atoms with E-state index in [1.807, 2.05) is 13.8 Å². The first-order chi connectivity index (χ1) is 17.9. The van der Waals surface area contributed by atoms with Crippen LogP contribution in [0, 0.1) is 0 Å². The molecule has 0 atom stereocenters. The maximum atomic E-state index is 15.1. The van der Waals surface area contributed by atoms with Crippen molar-refractivity contribution >= 4 is 0 Å². The van der Waals surface area contributed by atoms with Crippen LogP contribution in [0.3, 0.4) is 0 Å². The lowest BCUT2D eigenvalue weighted by atomic mass is 9.69. The lowest BCUT2D eigenvalue weighted by Gasteiger charge is -2.40. The predicted molar refractivity (Wildman–Crippen MR) is 144 cm³/mol. The summed E-state index contributed by atoms with van der Waals surface area (Å²) in [6, 6.07) is 6.10. The van der Waals surface area contributed by atoms with E-state index < -0.39 is 39.7 Å². The first-order valence-corrected chi connectivity index (χ1v) is 12.8. The van der Waals surface area contributed by atoms with Gasteiger partial charge in [0.05, 0.1) is 0 Å². The third kappa shape index (κ3) is 6.15. The minimum absolute atomic E-state index is 0.0530. The normalized spacial score (nSPS) is 13.2. The van der Waals surface area contributed by atoms with Gasteiger partial charge in [-0.25, -0.2) is 0 Å². The van der Waals surface area contributed by atoms with Gasteiger partial charge in [-0.2, -0.15) is 26.3 Å². The molecule has 0 radical (unpaired) electrons. The van der Waals surface area contributed by atoms with Crippen LogP contribution in [0.1, 0.15) is 76.6 Å². The van der Waals surface area contributed by atoms with Crippen molar-refractivity contribution in [3.05, 3.63) is 84.0 Å². The minimum Gasteiger partial charge on any atom is -0.489 e. The second-order valence-electron chi connectivity index (χ2n) is 10.8. The molecule has 0 heterocycles. The first-order valence-electron chi connectivity index (χ1n) is 12.8. The van der Waals surface area contributed by atoms with Crippen LogP contribution >= 0.6 is 0 Å². The van der Waals surface area contributed by atoms with Gasteiger partial charge in [-0.1, -0.05) is 79.0 Å². The Morgan fingerprint density at radius 2 is 0.974 bits per heavy atom. The van der Waals surface area contributed by atoms with Crippen LogP contribution in [0.4, 0.5) is 26.3 Å². The molecule has 39 heavy (non-hydrogen) atoms. The molecule has 0 saturated carbocycles. The summed E-state index contributed by atoms with van der Waals surface area (Å²) in [6.07, 6.45) is -7.62. The predicted octanol–water partition coefficient (Wildman–Crippen LogP) is 9.60. The summed E-state index contributed by atoms with van der Waals surface area (Å²) in [7, 11) is 0. The van der Waals surface area contributed by atoms with Crippen LogP contribution in [0.25, 0.3) is 0 Å². The number of rotatable bonds is 12. The average Bonchev–Trinajstić information content (AvgIpc) is 2.85. The van der Waals surface area contributed by atoms with Gasteiger partial charge in [0.2, 0.25) is 5.41 Å². The summed E-state index contributed by atoms with van der Waals surface area (Å²) in [5.74, 6) is 0.425. The van der Waals surface area contributed by atoms with Crippen LogP contribution in [0.5, 0.6) is 11.5 Å². The Kier molecular flexibility index (Phi) is 9.68. The summed E-state index contributed by atoms with van der Waals surface area (Å²) in [5.41, 5.74) is -7.19. The Labute approximate surface area is 227 Å². The molecule has 2 aromatic carbocycles. The molecule has 0 spiro atoms. The van der Waals surface area contributed by atoms with Crippen LogP contribution in [0.15, 0.2) is 61.7 Å². The van der Waals surface area contributed by atoms with Crippen LogP contribution in [0.2, 0.25) is 0 Å². The van der Waals surface area contributed by atoms with Gasteiger partial charge in [-0.15, -0.1) is 0 Å². The Bertz CT molecular complexity index is 1070. The smallest absolute Gasteiger partial charge is 0.411 e. The Hall–Kier alpha value is -2.90. The summed E-state index contributed by atoms with van der Waals surface area (Å²) in [6.45, 7) is 17.9. The third-order valence-corrected chi connectivity index (χ3v) is 7.61. The Morgan fingerprint density at radius 3 is 1.23 bits per heavy atom. The zero-order valence-corrected chi connectivity index (χ0v) is 23.4. The van der Waals surface area contributed by atoms with E-state index in [1.165, 1.54) is 24.3 Å². The molecule has 8 heteroatoms. The lowest BCUT2D eigenvalue weighted by Crippen LogP contribution is -2.55. The van der Waals surface area contributed by atoms with Crippen LogP contribution in [-0.4, -0.2) is 25.6 Å². The SMILES string of the molecule is C=CCOc1ccc(C(c2ccc(OCC=C)c(C(C)(C)CC)c2)(C(F)(F)F)C(F)(F)F)cc1C(C)(C)CC. The van der Waals surface area contributed by atoms with Crippen molar-refractivity contribution in [2.75, 3.05) is 13.2 Å². The molecule has 2 aromatic rings. The van der Waals surface area contributed by atoms with Crippen LogP contribution in [-0.2, 0) is 16.2 Å². The molecule has 0 aromatic heterocycles. The molecule has 0 saturated heterocycles. The van der Waals surface area contributed by atoms with E-state index in [1.54, 1.807) is 27.7 Å². The van der Waals surface area contributed by atoms with E-state index in [9.17, 15) is 0 Å². The zero-order chi connectivity index (χ0) is 29.9. The quantitative estimate of drug-likeness (QED) is 0.191. The average molecular weight is 557 g/mol. The monoisotopic (exact) mass is 556 g/mol. The van der Waals surface area contributed by atoms with Crippen molar-refractivity contribution in [3.8, 4) is 11.5 Å². The van der Waals surface area contributed by atoms with E-state index in [4.69, 9.17) is 9.47 Å². The second-order valence-corrected chi connectivity index (χ2v) is 10.8. The number of hydrogen-bond acceptors (Lipinski definition) is 2. The number of hydrogen-bond donors (Lipinski definition) is 0. The molecule has 0 aliphatic heterocycles. The summed E-state index contributed by atoms with van der Waals surface area (Å²) >= 11 is 0. The molecule has 0 N–H and O–H groups in total. The number of benzene rings is 2. The van der Waals surface area contributed by atoms with E-state index >= 15 is 26.3 Å². The highest BCUT2D eigenvalue weighted by Crippen LogP contribution is 2.58. The van der Waals surface area contributed by atoms with Gasteiger partial charge in [0, 0.05) is 11.1 Å². The van der Waals surface area contributed by atoms with Gasteiger partial charge < -0.3 is 9.47 Å². The maximum absolute atomic E-state index is 15.1. The second kappa shape index (κ2) is 11.7. The third-order valence-electron chi connectivity index (χ3n) is 7.61. The first kappa shape index (κ1) is 32.3. The fourth-order valence-corrected chi connectivity index (χ4v) is 4.50. The van der Waals surface area contributed by atoms with Crippen molar-refractivity contribution in [3.63, 3.8) is 0 Å². The van der Waals surface area contributed by atoms with Crippen molar-refractivity contribution in [1.82, 2.24) is 0 Å². The van der Waals surface area contributed by atoms with Crippen molar-refractivity contribution in [2.45, 2.75) is 83.0 Å². The number of halogens is 6. The fourth-order valence-electron chi connectivity index (χ4n) is 4.50. The highest BCUT2D eigenvalue weighted by atomic mass is 19.4. The highest BCUT2D eigenvalue weighted by Gasteiger charge is 2.72. The molecular weight excluding hydrogens is 518 g/mol. The Balaban J connectivity index is 3.07. The summed E-state index contributed by atoms with van der Waals surface area (Å²) in [5, 5.41) is 0. The number of ether oxygens (including phenoxy) is 2. The van der Waals surface area contributed by atoms with Crippen molar-refractivity contribution in [1.29, 1.82) is 0 Å². The summed E-state index contributed by atoms with van der Waals surface area (Å²) < 4.78 is 102. The summed E-state index contributed by atoms with van der Waals surface area (Å²) in [4.78, 5) is 0. The molecule has 0 bridgehead atoms. The van der Waals surface area contributed by atoms with Crippen molar-refractivity contribution in [2.24, 2.45) is 0 Å². The van der Waals surface area contributed by atoms with Gasteiger partial charge in [0.25, 0.3) is 0 Å². The van der Waals surface area contributed by atoms with Gasteiger partial charge in [0.1, 0.15) is 24.7 Å². The topological polar surface area (TPSA) is 18.5 Å². The van der Waals surface area contributed by atoms with Gasteiger partial charge in [-0.05, 0) is 59.1 Å². The molecule has 0 fully saturated rings. The molecule has 0 aliphatic rings. The largest absolute Gasteiger partial charge is 0.489 e. The zero-order valence-electron chi connectivity index (χ0n) is 23.4. The molecule has 2 rings (SSSR count). The molecule has 0 amide bonds. The van der Waals surface area contributed by atoms with Gasteiger partial charge in [-0.3, -0.25) is 0 Å². The molecule has 2 nitrogen and oxygen atoms in total. The van der Waals surface area contributed by atoms with Gasteiger partial charge >= 0.3 is 12.4 Å². The van der Waals surface area contributed by atoms with E-state index in [-0.39, 0.29) is 35.8 Å². The standard InChI is InChI=1S/C31H38F6O2/c1-9-17-38-25-15-13-21(19-23(25)27(5,6)11-3)29(30(32,33)34,31(35,36)37)22-14-16-26(39-18-10-2)24(20-22)28(7,8)12-4/h9-10,13-16,19-20H,1-2,11-12,17-18H2,3-8H3. The number of alkyl halides is 6. The molecular formula is C31H38F6O2. The molecule has 0 unspecified atom stereocenters. The molecule has 216 valence electrons. The van der Waals surface area contributed by atoms with Crippen LogP contribution < -0.4 is 9.47 Å². The lowest BCUT2D eigenvalue weighted by molar-refractivity contribution is -0.288. The van der Waals surface area contributed by atoms with E-state index in [0.717, 1.165) is 24.3 Å². The van der Waals surface area contributed by atoms with Crippen molar-refractivity contribution < 1.29 is 35.8 Å². The minimum atomic E-state index is -5.72. The Morgan fingerprint density at radius 1 is 0.641 bits per heavy atom. The highest BCUT2D eigenvalue weighted by molar-refractivity contribution is 5.53. The van der Waals surface area contributed by atoms with Gasteiger partial charge in [0.15, 0.2) is 0 Å². The molecule has 0 aliphatic carbocycles. The fraction of sp³-hybridized carbons (Fsp3) is 0.484. The van der Waals surface area contributed by atoms with E-state index in [0.29, 0.717) is 12.8 Å².